The minimum Gasteiger partial charge on any atom is -0.475 e. The van der Waals surface area contributed by atoms with Crippen LogP contribution in [-0.2, 0) is 17.8 Å². The van der Waals surface area contributed by atoms with E-state index < -0.39 is 0 Å². The van der Waals surface area contributed by atoms with Crippen LogP contribution in [0.15, 0.2) is 47.6 Å². The molecule has 154 valence electrons. The highest BCUT2D eigenvalue weighted by Gasteiger charge is 2.08. The van der Waals surface area contributed by atoms with Gasteiger partial charge in [0.1, 0.15) is 6.61 Å². The molecule has 0 fully saturated rings. The number of hydrogen-bond acceptors (Lipinski definition) is 4. The third kappa shape index (κ3) is 8.02. The van der Waals surface area contributed by atoms with Crippen LogP contribution in [0.4, 0.5) is 0 Å². The Hall–Kier alpha value is -1.87. The number of aliphatic imine (C=N–C) groups is 1. The molecule has 1 aromatic heterocycles. The van der Waals surface area contributed by atoms with Crippen molar-refractivity contribution in [1.29, 1.82) is 0 Å². The van der Waals surface area contributed by atoms with Crippen molar-refractivity contribution in [2.75, 3.05) is 33.9 Å². The van der Waals surface area contributed by atoms with E-state index in [0.29, 0.717) is 25.6 Å². The Morgan fingerprint density at radius 2 is 1.96 bits per heavy atom. The maximum atomic E-state index is 5.49. The largest absolute Gasteiger partial charge is 0.475 e. The van der Waals surface area contributed by atoms with Gasteiger partial charge in [0.15, 0.2) is 5.96 Å². The number of nitrogens with zero attached hydrogens (tertiary/aromatic N) is 3. The summed E-state index contributed by atoms with van der Waals surface area (Å²) in [5.41, 5.74) is 3.62. The third-order valence-electron chi connectivity index (χ3n) is 4.11. The van der Waals surface area contributed by atoms with Crippen LogP contribution in [-0.4, -0.2) is 49.8 Å². The summed E-state index contributed by atoms with van der Waals surface area (Å²) in [4.78, 5) is 11.2. The van der Waals surface area contributed by atoms with E-state index in [4.69, 9.17) is 14.5 Å². The van der Waals surface area contributed by atoms with E-state index in [1.54, 1.807) is 13.3 Å². The van der Waals surface area contributed by atoms with Crippen molar-refractivity contribution >= 4 is 29.9 Å². The summed E-state index contributed by atoms with van der Waals surface area (Å²) in [6, 6.07) is 12.3. The molecule has 0 aliphatic rings. The normalized spacial score (nSPS) is 10.9. The number of aromatic nitrogens is 1. The van der Waals surface area contributed by atoms with Gasteiger partial charge in [-0.15, -0.1) is 24.0 Å². The Labute approximate surface area is 185 Å². The molecular formula is C21H31IN4O2. The van der Waals surface area contributed by atoms with Gasteiger partial charge in [-0.2, -0.15) is 0 Å². The molecular weight excluding hydrogens is 467 g/mol. The highest BCUT2D eigenvalue weighted by molar-refractivity contribution is 14.0. The van der Waals surface area contributed by atoms with Crippen LogP contribution in [0.5, 0.6) is 5.88 Å². The van der Waals surface area contributed by atoms with Gasteiger partial charge in [-0.25, -0.2) is 9.98 Å². The van der Waals surface area contributed by atoms with Crippen LogP contribution < -0.4 is 10.1 Å². The molecule has 0 saturated carbocycles. The van der Waals surface area contributed by atoms with E-state index in [0.717, 1.165) is 24.6 Å². The maximum absolute atomic E-state index is 5.49. The fourth-order valence-corrected chi connectivity index (χ4v) is 2.57. The standard InChI is InChI=1S/C21H30N4O2.HI/c1-5-22-21(25(3)16-19-9-7-6-8-17(19)2)24-15-18-10-11-20(23-14-18)27-13-12-26-4;/h6-11,14H,5,12-13,15-16H2,1-4H3,(H,22,24);1H. The lowest BCUT2D eigenvalue weighted by molar-refractivity contribution is 0.143. The molecule has 0 saturated heterocycles. The molecule has 6 nitrogen and oxygen atoms in total. The van der Waals surface area contributed by atoms with Gasteiger partial charge < -0.3 is 19.7 Å². The van der Waals surface area contributed by atoms with Crippen molar-refractivity contribution in [3.8, 4) is 5.88 Å². The second kappa shape index (κ2) is 13.3. The van der Waals surface area contributed by atoms with Crippen molar-refractivity contribution in [1.82, 2.24) is 15.2 Å². The Morgan fingerprint density at radius 1 is 1.18 bits per heavy atom. The zero-order valence-corrected chi connectivity index (χ0v) is 19.5. The second-order valence-electron chi connectivity index (χ2n) is 6.30. The lowest BCUT2D eigenvalue weighted by Crippen LogP contribution is -2.38. The number of nitrogens with one attached hydrogen (secondary N) is 1. The van der Waals surface area contributed by atoms with Gasteiger partial charge in [-0.05, 0) is 30.5 Å². The zero-order chi connectivity index (χ0) is 19.5. The predicted molar refractivity (Wildman–Crippen MR) is 124 cm³/mol. The topological polar surface area (TPSA) is 59.0 Å². The number of ether oxygens (including phenoxy) is 2. The summed E-state index contributed by atoms with van der Waals surface area (Å²) >= 11 is 0. The van der Waals surface area contributed by atoms with Crippen LogP contribution in [0.25, 0.3) is 0 Å². The molecule has 0 unspecified atom stereocenters. The fourth-order valence-electron chi connectivity index (χ4n) is 2.57. The summed E-state index contributed by atoms with van der Waals surface area (Å²) in [7, 11) is 3.70. The van der Waals surface area contributed by atoms with E-state index in [9.17, 15) is 0 Å². The second-order valence-corrected chi connectivity index (χ2v) is 6.30. The van der Waals surface area contributed by atoms with E-state index in [1.165, 1.54) is 11.1 Å². The van der Waals surface area contributed by atoms with Crippen LogP contribution in [0.1, 0.15) is 23.6 Å². The number of hydrogen-bond donors (Lipinski definition) is 1. The Balaban J connectivity index is 0.00000392. The van der Waals surface area contributed by atoms with Crippen molar-refractivity contribution in [3.05, 3.63) is 59.3 Å². The molecule has 7 heteroatoms. The summed E-state index contributed by atoms with van der Waals surface area (Å²) in [5, 5.41) is 3.35. The Bertz CT molecular complexity index is 723. The van der Waals surface area contributed by atoms with Gasteiger partial charge >= 0.3 is 0 Å². The number of benzene rings is 1. The number of halogens is 1. The molecule has 2 aromatic rings. The van der Waals surface area contributed by atoms with Gasteiger partial charge in [0.25, 0.3) is 0 Å². The average Bonchev–Trinajstić information content (AvgIpc) is 2.68. The first-order valence-corrected chi connectivity index (χ1v) is 9.24. The van der Waals surface area contributed by atoms with Gasteiger partial charge in [0, 0.05) is 39.5 Å². The molecule has 0 aliphatic heterocycles. The number of methoxy groups -OCH3 is 1. The third-order valence-corrected chi connectivity index (χ3v) is 4.11. The smallest absolute Gasteiger partial charge is 0.213 e. The maximum Gasteiger partial charge on any atom is 0.213 e. The first-order valence-electron chi connectivity index (χ1n) is 9.24. The van der Waals surface area contributed by atoms with Gasteiger partial charge in [0.05, 0.1) is 13.2 Å². The van der Waals surface area contributed by atoms with Gasteiger partial charge in [-0.1, -0.05) is 30.3 Å². The quantitative estimate of drug-likeness (QED) is 0.248. The van der Waals surface area contributed by atoms with E-state index in [2.05, 4.69) is 60.4 Å². The molecule has 1 heterocycles. The molecule has 0 amide bonds. The van der Waals surface area contributed by atoms with Gasteiger partial charge in [0.2, 0.25) is 5.88 Å². The highest BCUT2D eigenvalue weighted by Crippen LogP contribution is 2.11. The molecule has 0 atom stereocenters. The van der Waals surface area contributed by atoms with Crippen molar-refractivity contribution < 1.29 is 9.47 Å². The summed E-state index contributed by atoms with van der Waals surface area (Å²) in [6.07, 6.45) is 1.80. The number of aryl methyl sites for hydroxylation is 1. The predicted octanol–water partition coefficient (Wildman–Crippen LogP) is 3.63. The van der Waals surface area contributed by atoms with Crippen molar-refractivity contribution in [2.45, 2.75) is 26.9 Å². The highest BCUT2D eigenvalue weighted by atomic mass is 127. The molecule has 1 aromatic carbocycles. The molecule has 2 rings (SSSR count). The minimum absolute atomic E-state index is 0. The van der Waals surface area contributed by atoms with Crippen molar-refractivity contribution in [2.24, 2.45) is 4.99 Å². The minimum atomic E-state index is 0. The van der Waals surface area contributed by atoms with Crippen LogP contribution in [0.3, 0.4) is 0 Å². The number of guanidine groups is 1. The summed E-state index contributed by atoms with van der Waals surface area (Å²) < 4.78 is 10.5. The zero-order valence-electron chi connectivity index (χ0n) is 17.1. The van der Waals surface area contributed by atoms with E-state index in [-0.39, 0.29) is 24.0 Å². The van der Waals surface area contributed by atoms with Gasteiger partial charge in [-0.3, -0.25) is 0 Å². The fraction of sp³-hybridized carbons (Fsp3) is 0.429. The van der Waals surface area contributed by atoms with Crippen molar-refractivity contribution in [3.63, 3.8) is 0 Å². The summed E-state index contributed by atoms with van der Waals surface area (Å²) in [6.45, 7) is 7.44. The summed E-state index contributed by atoms with van der Waals surface area (Å²) in [5.74, 6) is 1.48. The molecule has 1 N–H and O–H groups in total. The van der Waals surface area contributed by atoms with E-state index >= 15 is 0 Å². The molecule has 0 spiro atoms. The Kier molecular flexibility index (Phi) is 11.5. The Morgan fingerprint density at radius 3 is 2.61 bits per heavy atom. The first-order chi connectivity index (χ1) is 13.1. The lowest BCUT2D eigenvalue weighted by atomic mass is 10.1. The number of rotatable bonds is 9. The monoisotopic (exact) mass is 498 g/mol. The molecule has 0 aliphatic carbocycles. The molecule has 0 bridgehead atoms. The average molecular weight is 498 g/mol. The molecule has 0 radical (unpaired) electrons. The lowest BCUT2D eigenvalue weighted by Gasteiger charge is -2.23. The van der Waals surface area contributed by atoms with Crippen LogP contribution in [0, 0.1) is 6.92 Å². The van der Waals surface area contributed by atoms with Crippen LogP contribution >= 0.6 is 24.0 Å². The SMILES string of the molecule is CCNC(=NCc1ccc(OCCOC)nc1)N(C)Cc1ccccc1C.I. The van der Waals surface area contributed by atoms with Crippen LogP contribution in [0.2, 0.25) is 0 Å². The van der Waals surface area contributed by atoms with E-state index in [1.807, 2.05) is 12.1 Å². The molecule has 28 heavy (non-hydrogen) atoms. The number of pyridine rings is 1. The first kappa shape index (κ1) is 24.2.